The van der Waals surface area contributed by atoms with Gasteiger partial charge in [-0.3, -0.25) is 0 Å². The molecule has 0 fully saturated rings. The highest BCUT2D eigenvalue weighted by Crippen LogP contribution is 2.13. The molecule has 0 radical (unpaired) electrons. The minimum Gasteiger partial charge on any atom is -0.398 e. The summed E-state index contributed by atoms with van der Waals surface area (Å²) >= 11 is 0. The smallest absolute Gasteiger partial charge is 0.0393 e. The Morgan fingerprint density at radius 1 is 0.938 bits per heavy atom. The Morgan fingerprint density at radius 2 is 1.56 bits per heavy atom. The topological polar surface area (TPSA) is 26.0 Å². The molecule has 0 unspecified atom stereocenters. The van der Waals surface area contributed by atoms with Gasteiger partial charge in [-0.15, -0.1) is 0 Å². The molecule has 0 bridgehead atoms. The van der Waals surface area contributed by atoms with Crippen molar-refractivity contribution in [3.63, 3.8) is 0 Å². The van der Waals surface area contributed by atoms with Crippen LogP contribution in [0.25, 0.3) is 11.8 Å². The van der Waals surface area contributed by atoms with Crippen LogP contribution in [-0.2, 0) is 0 Å². The van der Waals surface area contributed by atoms with E-state index in [1.807, 2.05) is 36.4 Å². The molecule has 0 amide bonds. The molecule has 0 saturated heterocycles. The van der Waals surface area contributed by atoms with Crippen molar-refractivity contribution in [3.05, 3.63) is 71.3 Å². The summed E-state index contributed by atoms with van der Waals surface area (Å²) in [6.45, 7) is 2.08. The maximum Gasteiger partial charge on any atom is 0.0393 e. The second kappa shape index (κ2) is 4.67. The third-order valence-corrected chi connectivity index (χ3v) is 2.51. The van der Waals surface area contributed by atoms with E-state index in [2.05, 4.69) is 31.2 Å². The molecule has 0 saturated carbocycles. The highest BCUT2D eigenvalue weighted by molar-refractivity contribution is 5.79. The van der Waals surface area contributed by atoms with Crippen molar-refractivity contribution in [3.8, 4) is 0 Å². The normalized spacial score (nSPS) is 11.4. The summed E-state index contributed by atoms with van der Waals surface area (Å²) in [7, 11) is 0. The molecular weight excluding hydrogens is 194 g/mol. The first-order valence-electron chi connectivity index (χ1n) is 5.35. The predicted octanol–water partition coefficient (Wildman–Crippen LogP) is 3.45. The molecule has 0 heterocycles. The summed E-state index contributed by atoms with van der Waals surface area (Å²) in [4.78, 5) is 0. The van der Waals surface area contributed by atoms with E-state index in [9.17, 15) is 0 Å². The van der Waals surface area contributed by atoms with Gasteiger partial charge in [0.25, 0.3) is 0 Å². The molecule has 0 aromatic heterocycles. The Labute approximate surface area is 96.2 Å². The van der Waals surface area contributed by atoms with Crippen LogP contribution in [0.15, 0.2) is 54.6 Å². The summed E-state index contributed by atoms with van der Waals surface area (Å²) in [5.41, 5.74) is 10.3. The molecule has 2 aromatic rings. The highest BCUT2D eigenvalue weighted by Gasteiger charge is 1.95. The summed E-state index contributed by atoms with van der Waals surface area (Å²) in [6.07, 6.45) is 1.99. The molecule has 1 nitrogen and oxygen atoms in total. The van der Waals surface area contributed by atoms with Gasteiger partial charge in [0.2, 0.25) is 0 Å². The number of rotatable bonds is 2. The SMILES string of the molecule is Cc1ccc(C=C(N)c2ccccc2)cc1. The zero-order valence-corrected chi connectivity index (χ0v) is 9.35. The number of hydrogen-bond donors (Lipinski definition) is 1. The van der Waals surface area contributed by atoms with Crippen molar-refractivity contribution in [1.29, 1.82) is 0 Å². The van der Waals surface area contributed by atoms with Crippen LogP contribution in [-0.4, -0.2) is 0 Å². The van der Waals surface area contributed by atoms with E-state index in [0.29, 0.717) is 0 Å². The number of aryl methyl sites for hydroxylation is 1. The molecular formula is C15H15N. The quantitative estimate of drug-likeness (QED) is 0.753. The van der Waals surface area contributed by atoms with E-state index in [-0.39, 0.29) is 0 Å². The molecule has 1 heteroatoms. The Bertz CT molecular complexity index is 481. The van der Waals surface area contributed by atoms with E-state index in [0.717, 1.165) is 16.8 Å². The summed E-state index contributed by atoms with van der Waals surface area (Å²) in [5, 5.41) is 0. The molecule has 0 aliphatic heterocycles. The van der Waals surface area contributed by atoms with E-state index in [1.54, 1.807) is 0 Å². The van der Waals surface area contributed by atoms with Gasteiger partial charge >= 0.3 is 0 Å². The zero-order chi connectivity index (χ0) is 11.4. The van der Waals surface area contributed by atoms with Crippen LogP contribution in [0.1, 0.15) is 16.7 Å². The molecule has 2 N–H and O–H groups in total. The lowest BCUT2D eigenvalue weighted by molar-refractivity contribution is 1.46. The molecule has 16 heavy (non-hydrogen) atoms. The van der Waals surface area contributed by atoms with Gasteiger partial charge in [-0.2, -0.15) is 0 Å². The van der Waals surface area contributed by atoms with Gasteiger partial charge in [-0.05, 0) is 24.1 Å². The van der Waals surface area contributed by atoms with Crippen molar-refractivity contribution in [2.45, 2.75) is 6.92 Å². The lowest BCUT2D eigenvalue weighted by atomic mass is 10.1. The molecule has 2 aromatic carbocycles. The maximum atomic E-state index is 6.03. The van der Waals surface area contributed by atoms with E-state index < -0.39 is 0 Å². The third-order valence-electron chi connectivity index (χ3n) is 2.51. The van der Waals surface area contributed by atoms with Gasteiger partial charge in [-0.1, -0.05) is 60.2 Å². The molecule has 2 rings (SSSR count). The Balaban J connectivity index is 2.28. The number of hydrogen-bond acceptors (Lipinski definition) is 1. The summed E-state index contributed by atoms with van der Waals surface area (Å²) < 4.78 is 0. The zero-order valence-electron chi connectivity index (χ0n) is 9.35. The Hall–Kier alpha value is -2.02. The Morgan fingerprint density at radius 3 is 2.19 bits per heavy atom. The first-order chi connectivity index (χ1) is 7.75. The first-order valence-corrected chi connectivity index (χ1v) is 5.35. The van der Waals surface area contributed by atoms with Crippen LogP contribution < -0.4 is 5.73 Å². The lowest BCUT2D eigenvalue weighted by Gasteiger charge is -2.01. The van der Waals surface area contributed by atoms with E-state index >= 15 is 0 Å². The van der Waals surface area contributed by atoms with Crippen molar-refractivity contribution in [2.75, 3.05) is 0 Å². The molecule has 0 aliphatic rings. The van der Waals surface area contributed by atoms with E-state index in [1.165, 1.54) is 5.56 Å². The van der Waals surface area contributed by atoms with Crippen LogP contribution in [0.2, 0.25) is 0 Å². The highest BCUT2D eigenvalue weighted by atomic mass is 14.6. The number of nitrogens with two attached hydrogens (primary N) is 1. The maximum absolute atomic E-state index is 6.03. The summed E-state index contributed by atoms with van der Waals surface area (Å²) in [6, 6.07) is 18.3. The molecule has 0 atom stereocenters. The largest absolute Gasteiger partial charge is 0.398 e. The van der Waals surface area contributed by atoms with Gasteiger partial charge in [0.05, 0.1) is 0 Å². The average molecular weight is 209 g/mol. The first kappa shape index (κ1) is 10.5. The fourth-order valence-corrected chi connectivity index (χ4v) is 1.56. The van der Waals surface area contributed by atoms with Crippen LogP contribution in [0.4, 0.5) is 0 Å². The van der Waals surface area contributed by atoms with Crippen LogP contribution >= 0.6 is 0 Å². The molecule has 0 aliphatic carbocycles. The van der Waals surface area contributed by atoms with Crippen LogP contribution in [0.5, 0.6) is 0 Å². The predicted molar refractivity (Wildman–Crippen MR) is 69.7 cm³/mol. The van der Waals surface area contributed by atoms with Gasteiger partial charge in [0, 0.05) is 5.70 Å². The fraction of sp³-hybridized carbons (Fsp3) is 0.0667. The lowest BCUT2D eigenvalue weighted by Crippen LogP contribution is -1.95. The van der Waals surface area contributed by atoms with Crippen LogP contribution in [0.3, 0.4) is 0 Å². The van der Waals surface area contributed by atoms with Gasteiger partial charge in [-0.25, -0.2) is 0 Å². The molecule has 0 spiro atoms. The molecule has 80 valence electrons. The van der Waals surface area contributed by atoms with Crippen molar-refractivity contribution < 1.29 is 0 Å². The van der Waals surface area contributed by atoms with Crippen molar-refractivity contribution >= 4 is 11.8 Å². The van der Waals surface area contributed by atoms with Crippen molar-refractivity contribution in [1.82, 2.24) is 0 Å². The minimum atomic E-state index is 0.796. The van der Waals surface area contributed by atoms with Crippen molar-refractivity contribution in [2.24, 2.45) is 5.73 Å². The van der Waals surface area contributed by atoms with E-state index in [4.69, 9.17) is 5.73 Å². The second-order valence-electron chi connectivity index (χ2n) is 3.88. The minimum absolute atomic E-state index is 0.796. The third kappa shape index (κ3) is 2.51. The average Bonchev–Trinajstić information content (AvgIpc) is 2.33. The number of benzene rings is 2. The van der Waals surface area contributed by atoms with Gasteiger partial charge < -0.3 is 5.73 Å². The Kier molecular flexibility index (Phi) is 3.06. The fourth-order valence-electron chi connectivity index (χ4n) is 1.56. The van der Waals surface area contributed by atoms with Gasteiger partial charge in [0.15, 0.2) is 0 Å². The monoisotopic (exact) mass is 209 g/mol. The van der Waals surface area contributed by atoms with Gasteiger partial charge in [0.1, 0.15) is 0 Å². The standard InChI is InChI=1S/C15H15N/c1-12-7-9-13(10-8-12)11-15(16)14-5-3-2-4-6-14/h2-11H,16H2,1H3. The van der Waals surface area contributed by atoms with Crippen LogP contribution in [0, 0.1) is 6.92 Å². The second-order valence-corrected chi connectivity index (χ2v) is 3.88. The summed E-state index contributed by atoms with van der Waals surface area (Å²) in [5.74, 6) is 0.